The summed E-state index contributed by atoms with van der Waals surface area (Å²) in [5, 5.41) is 16.5. The molecule has 1 amide bonds. The number of ether oxygens (including phenoxy) is 1. The SMILES string of the molecule is C#CC(=O)NCc1cccc(Oc2c(C)cc(F)cc2C)c1-c1nn(C)c(=O)cc1C#N. The fraction of sp³-hybridized carbons (Fsp3) is 0.167. The van der Waals surface area contributed by atoms with Crippen LogP contribution in [0.3, 0.4) is 0 Å². The van der Waals surface area contributed by atoms with Crippen molar-refractivity contribution in [2.75, 3.05) is 0 Å². The van der Waals surface area contributed by atoms with E-state index < -0.39 is 11.5 Å². The van der Waals surface area contributed by atoms with Crippen LogP contribution in [0.1, 0.15) is 22.3 Å². The van der Waals surface area contributed by atoms with E-state index in [0.29, 0.717) is 33.8 Å². The van der Waals surface area contributed by atoms with Gasteiger partial charge in [0.05, 0.1) is 11.1 Å². The number of hydrogen-bond donors (Lipinski definition) is 1. The molecular formula is C24H19FN4O3. The molecule has 0 saturated heterocycles. The van der Waals surface area contributed by atoms with Gasteiger partial charge in [-0.15, -0.1) is 6.42 Å². The summed E-state index contributed by atoms with van der Waals surface area (Å²) in [7, 11) is 1.46. The molecule has 0 spiro atoms. The molecule has 7 nitrogen and oxygen atoms in total. The lowest BCUT2D eigenvalue weighted by molar-refractivity contribution is -0.115. The predicted octanol–water partition coefficient (Wildman–Crippen LogP) is 3.12. The van der Waals surface area contributed by atoms with Gasteiger partial charge in [0.15, 0.2) is 0 Å². The third kappa shape index (κ3) is 4.50. The van der Waals surface area contributed by atoms with Gasteiger partial charge in [-0.05, 0) is 54.7 Å². The van der Waals surface area contributed by atoms with Crippen LogP contribution in [0.2, 0.25) is 0 Å². The van der Waals surface area contributed by atoms with Crippen LogP contribution in [0.25, 0.3) is 11.3 Å². The maximum atomic E-state index is 13.8. The van der Waals surface area contributed by atoms with E-state index in [1.54, 1.807) is 32.0 Å². The summed E-state index contributed by atoms with van der Waals surface area (Å²) in [6, 6.07) is 11.0. The number of aryl methyl sites for hydroxylation is 3. The monoisotopic (exact) mass is 430 g/mol. The summed E-state index contributed by atoms with van der Waals surface area (Å²) >= 11 is 0. The molecule has 1 N–H and O–H groups in total. The maximum Gasteiger partial charge on any atom is 0.295 e. The molecule has 160 valence electrons. The van der Waals surface area contributed by atoms with Crippen molar-refractivity contribution in [2.45, 2.75) is 20.4 Å². The van der Waals surface area contributed by atoms with Crippen LogP contribution in [0.4, 0.5) is 4.39 Å². The smallest absolute Gasteiger partial charge is 0.295 e. The summed E-state index contributed by atoms with van der Waals surface area (Å²) < 4.78 is 21.0. The fourth-order valence-electron chi connectivity index (χ4n) is 3.28. The number of terminal acetylenes is 1. The minimum atomic E-state index is -0.610. The Balaban J connectivity index is 2.25. The Morgan fingerprint density at radius 3 is 2.59 bits per heavy atom. The van der Waals surface area contributed by atoms with E-state index in [0.717, 1.165) is 4.68 Å². The van der Waals surface area contributed by atoms with Crippen LogP contribution in [-0.2, 0) is 18.4 Å². The zero-order valence-corrected chi connectivity index (χ0v) is 17.7. The van der Waals surface area contributed by atoms with Crippen molar-refractivity contribution >= 4 is 5.91 Å². The average molecular weight is 430 g/mol. The molecule has 0 fully saturated rings. The summed E-state index contributed by atoms with van der Waals surface area (Å²) in [5.41, 5.74) is 1.91. The first kappa shape index (κ1) is 22.3. The van der Waals surface area contributed by atoms with Crippen molar-refractivity contribution in [3.63, 3.8) is 0 Å². The second-order valence-electron chi connectivity index (χ2n) is 7.07. The molecule has 0 bridgehead atoms. The zero-order chi connectivity index (χ0) is 23.4. The Hall–Kier alpha value is -4.43. The number of amides is 1. The van der Waals surface area contributed by atoms with Crippen molar-refractivity contribution in [3.05, 3.63) is 74.8 Å². The third-order valence-corrected chi connectivity index (χ3v) is 4.77. The van der Waals surface area contributed by atoms with Gasteiger partial charge in [0.2, 0.25) is 0 Å². The highest BCUT2D eigenvalue weighted by molar-refractivity contribution is 5.93. The van der Waals surface area contributed by atoms with E-state index in [1.165, 1.54) is 25.2 Å². The Morgan fingerprint density at radius 1 is 1.28 bits per heavy atom. The molecule has 8 heteroatoms. The van der Waals surface area contributed by atoms with Crippen molar-refractivity contribution in [1.82, 2.24) is 15.1 Å². The molecule has 1 heterocycles. The Bertz CT molecular complexity index is 1340. The van der Waals surface area contributed by atoms with Crippen LogP contribution in [-0.4, -0.2) is 15.7 Å². The number of carbonyl (C=O) groups excluding carboxylic acids is 1. The topological polar surface area (TPSA) is 97.0 Å². The van der Waals surface area contributed by atoms with E-state index >= 15 is 0 Å². The number of nitrogens with one attached hydrogen (secondary N) is 1. The van der Waals surface area contributed by atoms with E-state index in [2.05, 4.69) is 10.4 Å². The van der Waals surface area contributed by atoms with E-state index in [-0.39, 0.29) is 23.6 Å². The number of benzene rings is 2. The Kier molecular flexibility index (Phi) is 6.37. The van der Waals surface area contributed by atoms with Crippen molar-refractivity contribution < 1.29 is 13.9 Å². The van der Waals surface area contributed by atoms with E-state index in [1.807, 2.05) is 12.0 Å². The number of nitriles is 1. The number of rotatable bonds is 5. The van der Waals surface area contributed by atoms with Gasteiger partial charge < -0.3 is 10.1 Å². The van der Waals surface area contributed by atoms with Crippen LogP contribution in [0.5, 0.6) is 11.5 Å². The number of nitrogens with zero attached hydrogens (tertiary/aromatic N) is 3. The van der Waals surface area contributed by atoms with Gasteiger partial charge in [0.1, 0.15) is 29.1 Å². The first-order valence-electron chi connectivity index (χ1n) is 9.55. The summed E-state index contributed by atoms with van der Waals surface area (Å²) in [4.78, 5) is 23.6. The first-order valence-corrected chi connectivity index (χ1v) is 9.55. The summed E-state index contributed by atoms with van der Waals surface area (Å²) in [6.07, 6.45) is 5.13. The van der Waals surface area contributed by atoms with Gasteiger partial charge in [-0.1, -0.05) is 12.1 Å². The number of aromatic nitrogens is 2. The second-order valence-corrected chi connectivity index (χ2v) is 7.07. The van der Waals surface area contributed by atoms with Gasteiger partial charge >= 0.3 is 0 Å². The molecular weight excluding hydrogens is 411 g/mol. The summed E-state index contributed by atoms with van der Waals surface area (Å²) in [5.74, 6) is 1.75. The van der Waals surface area contributed by atoms with Crippen LogP contribution in [0.15, 0.2) is 41.2 Å². The molecule has 0 atom stereocenters. The largest absolute Gasteiger partial charge is 0.456 e. The molecule has 0 aliphatic rings. The van der Waals surface area contributed by atoms with Crippen LogP contribution < -0.4 is 15.6 Å². The molecule has 2 aromatic carbocycles. The van der Waals surface area contributed by atoms with Gasteiger partial charge in [-0.25, -0.2) is 9.07 Å². The fourth-order valence-corrected chi connectivity index (χ4v) is 3.28. The third-order valence-electron chi connectivity index (χ3n) is 4.77. The number of halogens is 1. The minimum absolute atomic E-state index is 0.0341. The Morgan fingerprint density at radius 2 is 1.97 bits per heavy atom. The molecule has 0 unspecified atom stereocenters. The van der Waals surface area contributed by atoms with Crippen LogP contribution in [0, 0.1) is 43.3 Å². The lowest BCUT2D eigenvalue weighted by Crippen LogP contribution is -2.22. The highest BCUT2D eigenvalue weighted by atomic mass is 19.1. The molecule has 3 rings (SSSR count). The van der Waals surface area contributed by atoms with Crippen molar-refractivity contribution in [3.8, 4) is 41.2 Å². The zero-order valence-electron chi connectivity index (χ0n) is 17.7. The molecule has 1 aromatic heterocycles. The van der Waals surface area contributed by atoms with E-state index in [9.17, 15) is 19.2 Å². The number of hydrogen-bond acceptors (Lipinski definition) is 5. The van der Waals surface area contributed by atoms with Crippen molar-refractivity contribution in [1.29, 1.82) is 5.26 Å². The molecule has 0 saturated carbocycles. The minimum Gasteiger partial charge on any atom is -0.456 e. The van der Waals surface area contributed by atoms with Gasteiger partial charge in [-0.2, -0.15) is 10.4 Å². The van der Waals surface area contributed by atoms with Gasteiger partial charge in [0, 0.05) is 19.7 Å². The molecule has 0 radical (unpaired) electrons. The highest BCUT2D eigenvalue weighted by Crippen LogP contribution is 2.38. The number of carbonyl (C=O) groups is 1. The molecule has 3 aromatic rings. The molecule has 0 aliphatic carbocycles. The van der Waals surface area contributed by atoms with E-state index in [4.69, 9.17) is 11.2 Å². The standard InChI is InChI=1S/C24H19FN4O3/c1-5-20(30)27-13-16-7-6-8-19(32-24-14(2)9-18(25)10-15(24)3)22(16)23-17(12-26)11-21(31)29(4)28-23/h1,6-11H,13H2,2-4H3,(H,27,30). The quantitative estimate of drug-likeness (QED) is 0.628. The Labute approximate surface area is 184 Å². The highest BCUT2D eigenvalue weighted by Gasteiger charge is 2.20. The van der Waals surface area contributed by atoms with Crippen LogP contribution >= 0.6 is 0 Å². The molecule has 0 aliphatic heterocycles. The average Bonchev–Trinajstić information content (AvgIpc) is 2.76. The normalized spacial score (nSPS) is 10.2. The lowest BCUT2D eigenvalue weighted by atomic mass is 9.99. The predicted molar refractivity (Wildman–Crippen MR) is 116 cm³/mol. The maximum absolute atomic E-state index is 13.8. The van der Waals surface area contributed by atoms with Gasteiger partial charge in [-0.3, -0.25) is 9.59 Å². The summed E-state index contributed by atoms with van der Waals surface area (Å²) in [6.45, 7) is 3.47. The van der Waals surface area contributed by atoms with Crippen molar-refractivity contribution in [2.24, 2.45) is 7.05 Å². The van der Waals surface area contributed by atoms with Gasteiger partial charge in [0.25, 0.3) is 11.5 Å². The lowest BCUT2D eigenvalue weighted by Gasteiger charge is -2.18. The second kappa shape index (κ2) is 9.15. The molecule has 32 heavy (non-hydrogen) atoms. The first-order chi connectivity index (χ1) is 15.2.